The summed E-state index contributed by atoms with van der Waals surface area (Å²) in [6.45, 7) is 8.10. The van der Waals surface area contributed by atoms with E-state index in [4.69, 9.17) is 5.73 Å². The molecule has 2 aliphatic heterocycles. The van der Waals surface area contributed by atoms with Crippen LogP contribution in [0.4, 0.5) is 14.5 Å². The standard InChI is InChI=1S/C23H24F2N4O3/c1-4-16(24)21(28-10-15-13(3)23(15,26)11-28)27-20-8-19(30)14(22(31)32)9-29(20)18-6-5-12(2)7-17(18)25/h4-7,9,13,15H,1,8,10-11,26H2,2-3H3,(H,31,32)/b21-16-,27-20+/t13-,15-,23-/m1/s1. The van der Waals surface area contributed by atoms with Crippen LogP contribution in [0, 0.1) is 24.6 Å². The first-order valence-electron chi connectivity index (χ1n) is 10.2. The van der Waals surface area contributed by atoms with Crippen LogP contribution in [0.1, 0.15) is 18.9 Å². The number of benzene rings is 1. The minimum atomic E-state index is -1.43. The van der Waals surface area contributed by atoms with Crippen LogP contribution in [0.25, 0.3) is 0 Å². The molecule has 0 amide bonds. The Balaban J connectivity index is 1.80. The number of amidine groups is 1. The van der Waals surface area contributed by atoms with Gasteiger partial charge in [0.2, 0.25) is 0 Å². The fourth-order valence-corrected chi connectivity index (χ4v) is 4.51. The minimum Gasteiger partial charge on any atom is -0.478 e. The molecule has 9 heteroatoms. The van der Waals surface area contributed by atoms with Crippen LogP contribution in [-0.4, -0.2) is 46.2 Å². The highest BCUT2D eigenvalue weighted by molar-refractivity contribution is 6.27. The van der Waals surface area contributed by atoms with Gasteiger partial charge in [0, 0.05) is 30.7 Å². The second-order valence-corrected chi connectivity index (χ2v) is 8.56. The van der Waals surface area contributed by atoms with Crippen LogP contribution in [0.15, 0.2) is 59.3 Å². The number of Topliss-reactive ketones (excluding diaryl/α,β-unsaturated/α-hetero) is 1. The first kappa shape index (κ1) is 21.9. The number of rotatable bonds is 5. The van der Waals surface area contributed by atoms with Gasteiger partial charge in [-0.2, -0.15) is 0 Å². The summed E-state index contributed by atoms with van der Waals surface area (Å²) in [7, 11) is 0. The Morgan fingerprint density at radius 1 is 1.44 bits per heavy atom. The first-order valence-corrected chi connectivity index (χ1v) is 10.2. The third-order valence-electron chi connectivity index (χ3n) is 6.59. The molecule has 1 saturated carbocycles. The van der Waals surface area contributed by atoms with E-state index in [0.717, 1.165) is 12.3 Å². The molecular formula is C23H24F2N4O3. The van der Waals surface area contributed by atoms with Crippen molar-refractivity contribution in [2.45, 2.75) is 25.8 Å². The van der Waals surface area contributed by atoms with E-state index in [1.54, 1.807) is 17.9 Å². The smallest absolute Gasteiger partial charge is 0.340 e. The first-order chi connectivity index (χ1) is 15.1. The van der Waals surface area contributed by atoms with Crippen molar-refractivity contribution in [3.05, 3.63) is 65.7 Å². The summed E-state index contributed by atoms with van der Waals surface area (Å²) in [4.78, 5) is 31.2. The topological polar surface area (TPSA) is 99.2 Å². The quantitative estimate of drug-likeness (QED) is 0.538. The van der Waals surface area contributed by atoms with Gasteiger partial charge >= 0.3 is 5.97 Å². The lowest BCUT2D eigenvalue weighted by Gasteiger charge is -2.29. The molecule has 0 radical (unpaired) electrons. The molecule has 2 fully saturated rings. The molecule has 1 saturated heterocycles. The van der Waals surface area contributed by atoms with Crippen LogP contribution in [0.3, 0.4) is 0 Å². The number of hydrogen-bond donors (Lipinski definition) is 2. The summed E-state index contributed by atoms with van der Waals surface area (Å²) in [5.41, 5.74) is 6.12. The molecule has 3 atom stereocenters. The van der Waals surface area contributed by atoms with E-state index in [0.29, 0.717) is 24.6 Å². The average molecular weight is 442 g/mol. The van der Waals surface area contributed by atoms with Gasteiger partial charge in [-0.05, 0) is 36.6 Å². The number of ketones is 1. The van der Waals surface area contributed by atoms with Gasteiger partial charge in [-0.1, -0.05) is 19.6 Å². The van der Waals surface area contributed by atoms with Gasteiger partial charge in [0.15, 0.2) is 17.4 Å². The van der Waals surface area contributed by atoms with Gasteiger partial charge in [0.05, 0.1) is 12.1 Å². The van der Waals surface area contributed by atoms with E-state index >= 15 is 0 Å². The zero-order valence-electron chi connectivity index (χ0n) is 17.8. The summed E-state index contributed by atoms with van der Waals surface area (Å²) < 4.78 is 29.6. The number of carboxylic acids is 1. The number of aliphatic carboxylic acids is 1. The highest BCUT2D eigenvalue weighted by atomic mass is 19.1. The summed E-state index contributed by atoms with van der Waals surface area (Å²) in [5, 5.41) is 9.39. The Bertz CT molecular complexity index is 1130. The van der Waals surface area contributed by atoms with Crippen molar-refractivity contribution in [3.63, 3.8) is 0 Å². The van der Waals surface area contributed by atoms with Gasteiger partial charge in [0.25, 0.3) is 0 Å². The monoisotopic (exact) mass is 442 g/mol. The molecule has 1 aliphatic carbocycles. The maximum Gasteiger partial charge on any atom is 0.340 e. The predicted molar refractivity (Wildman–Crippen MR) is 116 cm³/mol. The second-order valence-electron chi connectivity index (χ2n) is 8.56. The summed E-state index contributed by atoms with van der Waals surface area (Å²) in [6.07, 6.45) is 1.61. The number of likely N-dealkylation sites (tertiary alicyclic amines) is 1. The molecule has 1 aromatic rings. The Kier molecular flexibility index (Phi) is 5.24. The molecule has 168 valence electrons. The number of nitrogens with two attached hydrogens (primary N) is 1. The number of piperidine rings is 1. The number of halogens is 2. The molecule has 3 aliphatic rings. The van der Waals surface area contributed by atoms with Gasteiger partial charge < -0.3 is 20.6 Å². The SMILES string of the molecule is C=C/C(F)=C(\N=C1/CC(=O)C(C(=O)O)=CN1c1ccc(C)cc1F)N1C[C@@H]2[C@@H](C)[C@]2(N)C1. The Morgan fingerprint density at radius 2 is 2.16 bits per heavy atom. The van der Waals surface area contributed by atoms with Crippen LogP contribution in [0.2, 0.25) is 0 Å². The molecular weight excluding hydrogens is 418 g/mol. The molecule has 4 rings (SSSR count). The minimum absolute atomic E-state index is 0.00662. The van der Waals surface area contributed by atoms with E-state index in [1.807, 2.05) is 6.92 Å². The number of fused-ring (bicyclic) bond motifs is 1. The fourth-order valence-electron chi connectivity index (χ4n) is 4.51. The largest absolute Gasteiger partial charge is 0.478 e. The van der Waals surface area contributed by atoms with Crippen LogP contribution in [-0.2, 0) is 9.59 Å². The highest BCUT2D eigenvalue weighted by Gasteiger charge is 2.64. The number of allylic oxidation sites excluding steroid dienone is 2. The van der Waals surface area contributed by atoms with E-state index in [1.165, 1.54) is 17.0 Å². The lowest BCUT2D eigenvalue weighted by atomic mass is 10.0. The third-order valence-corrected chi connectivity index (χ3v) is 6.59. The van der Waals surface area contributed by atoms with Crippen molar-refractivity contribution in [2.75, 3.05) is 18.0 Å². The lowest BCUT2D eigenvalue weighted by molar-refractivity contribution is -0.134. The zero-order chi connectivity index (χ0) is 23.4. The Hall–Kier alpha value is -3.33. The predicted octanol–water partition coefficient (Wildman–Crippen LogP) is 2.88. The van der Waals surface area contributed by atoms with Gasteiger partial charge in [-0.3, -0.25) is 4.79 Å². The van der Waals surface area contributed by atoms with E-state index < -0.39 is 40.9 Å². The summed E-state index contributed by atoms with van der Waals surface area (Å²) in [5.74, 6) is -3.00. The van der Waals surface area contributed by atoms with Crippen molar-refractivity contribution in [3.8, 4) is 0 Å². The van der Waals surface area contributed by atoms with Crippen LogP contribution in [0.5, 0.6) is 0 Å². The molecule has 3 N–H and O–H groups in total. The van der Waals surface area contributed by atoms with Crippen molar-refractivity contribution < 1.29 is 23.5 Å². The molecule has 0 aromatic heterocycles. The normalized spacial score (nSPS) is 29.0. The van der Waals surface area contributed by atoms with E-state index in [9.17, 15) is 23.5 Å². The van der Waals surface area contributed by atoms with Crippen molar-refractivity contribution in [1.82, 2.24) is 4.90 Å². The number of carbonyl (C=O) groups is 2. The van der Waals surface area contributed by atoms with Gasteiger partial charge in [-0.25, -0.2) is 18.6 Å². The van der Waals surface area contributed by atoms with E-state index in [2.05, 4.69) is 11.6 Å². The summed E-state index contributed by atoms with van der Waals surface area (Å²) in [6, 6.07) is 4.39. The van der Waals surface area contributed by atoms with Gasteiger partial charge in [0.1, 0.15) is 17.2 Å². The summed E-state index contributed by atoms with van der Waals surface area (Å²) >= 11 is 0. The molecule has 2 heterocycles. The number of carbonyl (C=O) groups excluding carboxylic acids is 1. The third kappa shape index (κ3) is 3.52. The average Bonchev–Trinajstić information content (AvgIpc) is 3.05. The Morgan fingerprint density at radius 3 is 2.72 bits per heavy atom. The molecule has 32 heavy (non-hydrogen) atoms. The van der Waals surface area contributed by atoms with Crippen molar-refractivity contribution in [1.29, 1.82) is 0 Å². The zero-order valence-corrected chi connectivity index (χ0v) is 17.8. The maximum atomic E-state index is 14.8. The second kappa shape index (κ2) is 7.67. The van der Waals surface area contributed by atoms with Crippen molar-refractivity contribution in [2.24, 2.45) is 22.6 Å². The molecule has 7 nitrogen and oxygen atoms in total. The van der Waals surface area contributed by atoms with Crippen LogP contribution < -0.4 is 10.6 Å². The Labute approximate surface area is 184 Å². The lowest BCUT2D eigenvalue weighted by Crippen LogP contribution is -2.38. The number of nitrogens with zero attached hydrogens (tertiary/aromatic N) is 3. The molecule has 0 bridgehead atoms. The molecule has 0 spiro atoms. The van der Waals surface area contributed by atoms with Crippen LogP contribution >= 0.6 is 0 Å². The number of anilines is 1. The highest BCUT2D eigenvalue weighted by Crippen LogP contribution is 2.54. The number of carboxylic acid groups (broad SMARTS) is 1. The fraction of sp³-hybridized carbons (Fsp3) is 0.348. The van der Waals surface area contributed by atoms with E-state index in [-0.39, 0.29) is 23.3 Å². The number of aryl methyl sites for hydroxylation is 1. The molecule has 0 unspecified atom stereocenters. The number of hydrogen-bond acceptors (Lipinski definition) is 5. The van der Waals surface area contributed by atoms with Gasteiger partial charge in [-0.15, -0.1) is 0 Å². The molecule has 1 aromatic carbocycles. The maximum absolute atomic E-state index is 14.8. The number of aliphatic imine (C=N–C) groups is 1. The van der Waals surface area contributed by atoms with Crippen molar-refractivity contribution >= 4 is 23.3 Å².